The zero-order valence-electron chi connectivity index (χ0n) is 12.5. The summed E-state index contributed by atoms with van der Waals surface area (Å²) in [7, 11) is 0. The highest BCUT2D eigenvalue weighted by atomic mass is 16.4. The number of amides is 2. The number of carboxylic acids is 1. The molecular formula is C15H24N2O4. The Hall–Kier alpha value is -1.59. The van der Waals surface area contributed by atoms with Crippen molar-refractivity contribution in [2.24, 2.45) is 11.8 Å². The molecule has 1 saturated heterocycles. The van der Waals surface area contributed by atoms with Gasteiger partial charge in [-0.25, -0.2) is 4.79 Å². The van der Waals surface area contributed by atoms with E-state index in [-0.39, 0.29) is 23.7 Å². The van der Waals surface area contributed by atoms with Gasteiger partial charge in [0, 0.05) is 19.0 Å². The summed E-state index contributed by atoms with van der Waals surface area (Å²) in [5.74, 6) is -1.18. The van der Waals surface area contributed by atoms with Crippen molar-refractivity contribution < 1.29 is 19.5 Å². The number of carbonyl (C=O) groups is 3. The number of rotatable bonds is 6. The smallest absolute Gasteiger partial charge is 0.326 e. The third-order valence-electron chi connectivity index (χ3n) is 4.22. The van der Waals surface area contributed by atoms with Crippen LogP contribution in [0.25, 0.3) is 0 Å². The quantitative estimate of drug-likeness (QED) is 0.765. The Morgan fingerprint density at radius 2 is 1.95 bits per heavy atom. The van der Waals surface area contributed by atoms with Gasteiger partial charge < -0.3 is 15.3 Å². The first-order valence-corrected chi connectivity index (χ1v) is 7.85. The van der Waals surface area contributed by atoms with Crippen LogP contribution in [0.2, 0.25) is 0 Å². The predicted octanol–water partition coefficient (Wildman–Crippen LogP) is 1.00. The number of aliphatic carboxylic acids is 1. The van der Waals surface area contributed by atoms with Gasteiger partial charge in [0.05, 0.1) is 5.92 Å². The van der Waals surface area contributed by atoms with Crippen LogP contribution in [0, 0.1) is 11.8 Å². The minimum Gasteiger partial charge on any atom is -0.480 e. The molecule has 0 aromatic rings. The molecule has 1 saturated carbocycles. The third-order valence-corrected chi connectivity index (χ3v) is 4.22. The van der Waals surface area contributed by atoms with Gasteiger partial charge in [-0.15, -0.1) is 0 Å². The summed E-state index contributed by atoms with van der Waals surface area (Å²) in [5.41, 5.74) is 0. The lowest BCUT2D eigenvalue weighted by Crippen LogP contribution is -2.49. The molecule has 1 aliphatic carbocycles. The minimum absolute atomic E-state index is 0.163. The van der Waals surface area contributed by atoms with Crippen molar-refractivity contribution in [3.8, 4) is 0 Å². The molecule has 2 rings (SSSR count). The van der Waals surface area contributed by atoms with Crippen LogP contribution in [-0.2, 0) is 14.4 Å². The fourth-order valence-electron chi connectivity index (χ4n) is 2.82. The van der Waals surface area contributed by atoms with Crippen LogP contribution >= 0.6 is 0 Å². The third kappa shape index (κ3) is 4.19. The summed E-state index contributed by atoms with van der Waals surface area (Å²) in [6.45, 7) is 3.04. The Labute approximate surface area is 124 Å². The van der Waals surface area contributed by atoms with E-state index in [0.717, 1.165) is 32.2 Å². The van der Waals surface area contributed by atoms with E-state index in [1.54, 1.807) is 4.90 Å². The fraction of sp³-hybridized carbons (Fsp3) is 0.800. The summed E-state index contributed by atoms with van der Waals surface area (Å²) in [4.78, 5) is 37.2. The summed E-state index contributed by atoms with van der Waals surface area (Å²) in [6.07, 6.45) is 4.58. The van der Waals surface area contributed by atoms with Gasteiger partial charge in [0.25, 0.3) is 0 Å². The van der Waals surface area contributed by atoms with Crippen molar-refractivity contribution in [2.45, 2.75) is 51.5 Å². The van der Waals surface area contributed by atoms with E-state index in [0.29, 0.717) is 19.4 Å². The van der Waals surface area contributed by atoms with Crippen LogP contribution in [0.3, 0.4) is 0 Å². The Kier molecular flexibility index (Phi) is 5.20. The second-order valence-corrected chi connectivity index (χ2v) is 6.09. The summed E-state index contributed by atoms with van der Waals surface area (Å²) in [6, 6.07) is -0.822. The maximum Gasteiger partial charge on any atom is 0.326 e. The minimum atomic E-state index is -0.994. The molecule has 2 atom stereocenters. The maximum absolute atomic E-state index is 12.2. The molecule has 0 bridgehead atoms. The zero-order valence-corrected chi connectivity index (χ0v) is 12.5. The summed E-state index contributed by atoms with van der Waals surface area (Å²) in [5, 5.41) is 11.7. The molecule has 1 heterocycles. The average molecular weight is 296 g/mol. The van der Waals surface area contributed by atoms with E-state index in [1.165, 1.54) is 0 Å². The van der Waals surface area contributed by atoms with Gasteiger partial charge >= 0.3 is 5.97 Å². The second-order valence-electron chi connectivity index (χ2n) is 6.09. The SMILES string of the molecule is CCCC(NC(=O)C1CCCN(C(=O)C2CC2)C1)C(=O)O. The van der Waals surface area contributed by atoms with Gasteiger partial charge in [0.15, 0.2) is 0 Å². The number of piperidine rings is 1. The normalized spacial score (nSPS) is 23.5. The number of hydrogen-bond donors (Lipinski definition) is 2. The molecule has 2 unspecified atom stereocenters. The molecule has 6 heteroatoms. The lowest BCUT2D eigenvalue weighted by atomic mass is 9.96. The van der Waals surface area contributed by atoms with E-state index in [9.17, 15) is 14.4 Å². The number of nitrogens with zero attached hydrogens (tertiary/aromatic N) is 1. The van der Waals surface area contributed by atoms with Crippen LogP contribution in [0.4, 0.5) is 0 Å². The van der Waals surface area contributed by atoms with E-state index in [4.69, 9.17) is 5.11 Å². The molecule has 2 N–H and O–H groups in total. The molecule has 0 aromatic heterocycles. The fourth-order valence-corrected chi connectivity index (χ4v) is 2.82. The first-order chi connectivity index (χ1) is 10.0. The lowest BCUT2D eigenvalue weighted by Gasteiger charge is -2.32. The molecule has 0 aromatic carbocycles. The molecule has 2 fully saturated rings. The van der Waals surface area contributed by atoms with Gasteiger partial charge in [-0.3, -0.25) is 9.59 Å². The van der Waals surface area contributed by atoms with E-state index < -0.39 is 12.0 Å². The van der Waals surface area contributed by atoms with Crippen molar-refractivity contribution in [2.75, 3.05) is 13.1 Å². The van der Waals surface area contributed by atoms with Crippen LogP contribution < -0.4 is 5.32 Å². The largest absolute Gasteiger partial charge is 0.480 e. The van der Waals surface area contributed by atoms with Gasteiger partial charge in [-0.2, -0.15) is 0 Å². The monoisotopic (exact) mass is 296 g/mol. The van der Waals surface area contributed by atoms with E-state index in [2.05, 4.69) is 5.32 Å². The highest BCUT2D eigenvalue weighted by molar-refractivity contribution is 5.86. The van der Waals surface area contributed by atoms with Gasteiger partial charge in [-0.1, -0.05) is 13.3 Å². The number of carbonyl (C=O) groups excluding carboxylic acids is 2. The predicted molar refractivity (Wildman–Crippen MR) is 76.5 cm³/mol. The Balaban J connectivity index is 1.88. The number of likely N-dealkylation sites (tertiary alicyclic amines) is 1. The Morgan fingerprint density at radius 1 is 1.24 bits per heavy atom. The number of hydrogen-bond acceptors (Lipinski definition) is 3. The van der Waals surface area contributed by atoms with E-state index >= 15 is 0 Å². The molecule has 2 aliphatic rings. The standard InChI is InChI=1S/C15H24N2O4/c1-2-4-12(15(20)21)16-13(18)11-5-3-8-17(9-11)14(19)10-6-7-10/h10-12H,2-9H2,1H3,(H,16,18)(H,20,21). The molecule has 2 amide bonds. The lowest BCUT2D eigenvalue weighted by molar-refractivity contribution is -0.144. The molecular weight excluding hydrogens is 272 g/mol. The molecule has 21 heavy (non-hydrogen) atoms. The topological polar surface area (TPSA) is 86.7 Å². The molecule has 6 nitrogen and oxygen atoms in total. The van der Waals surface area contributed by atoms with E-state index in [1.807, 2.05) is 6.92 Å². The van der Waals surface area contributed by atoms with Gasteiger partial charge in [0.2, 0.25) is 11.8 Å². The van der Waals surface area contributed by atoms with Crippen LogP contribution in [0.15, 0.2) is 0 Å². The molecule has 0 spiro atoms. The van der Waals surface area contributed by atoms with Gasteiger partial charge in [-0.05, 0) is 32.1 Å². The maximum atomic E-state index is 12.2. The van der Waals surface area contributed by atoms with Crippen molar-refractivity contribution in [3.63, 3.8) is 0 Å². The Morgan fingerprint density at radius 3 is 2.52 bits per heavy atom. The van der Waals surface area contributed by atoms with Crippen molar-refractivity contribution in [1.29, 1.82) is 0 Å². The van der Waals surface area contributed by atoms with Crippen LogP contribution in [0.5, 0.6) is 0 Å². The van der Waals surface area contributed by atoms with Crippen molar-refractivity contribution in [1.82, 2.24) is 10.2 Å². The average Bonchev–Trinajstić information content (AvgIpc) is 3.30. The molecule has 1 aliphatic heterocycles. The first-order valence-electron chi connectivity index (χ1n) is 7.85. The molecule has 0 radical (unpaired) electrons. The summed E-state index contributed by atoms with van der Waals surface area (Å²) < 4.78 is 0. The molecule has 118 valence electrons. The van der Waals surface area contributed by atoms with Crippen LogP contribution in [-0.4, -0.2) is 46.9 Å². The number of nitrogens with one attached hydrogen (secondary N) is 1. The Bertz CT molecular complexity index is 420. The number of carboxylic acid groups (broad SMARTS) is 1. The highest BCUT2D eigenvalue weighted by Gasteiger charge is 2.37. The second kappa shape index (κ2) is 6.91. The zero-order chi connectivity index (χ0) is 15.4. The van der Waals surface area contributed by atoms with Crippen molar-refractivity contribution in [3.05, 3.63) is 0 Å². The van der Waals surface area contributed by atoms with Crippen molar-refractivity contribution >= 4 is 17.8 Å². The highest BCUT2D eigenvalue weighted by Crippen LogP contribution is 2.32. The summed E-state index contributed by atoms with van der Waals surface area (Å²) >= 11 is 0. The van der Waals surface area contributed by atoms with Gasteiger partial charge in [0.1, 0.15) is 6.04 Å². The first kappa shape index (κ1) is 15.8. The van der Waals surface area contributed by atoms with Crippen LogP contribution in [0.1, 0.15) is 45.4 Å².